The number of carboxylic acids is 1. The van der Waals surface area contributed by atoms with Crippen LogP contribution in [-0.2, 0) is 0 Å². The first-order valence-electron chi connectivity index (χ1n) is 3.38. The number of Topliss-reactive ketones (excluding diaryl/α,β-unsaturated/α-hetero) is 1. The third-order valence-corrected chi connectivity index (χ3v) is 1.33. The molecule has 1 aromatic rings. The lowest BCUT2D eigenvalue weighted by Crippen LogP contribution is -1.96. The van der Waals surface area contributed by atoms with Gasteiger partial charge in [0.05, 0.1) is 0 Å². The standard InChI is InChI=1S/C7H7NO4/c1-2-5(9)6-3-4(7(10)11)8-12-6/h3H,2H2,1H3,(H,10,11). The molecule has 0 spiro atoms. The Kier molecular flexibility index (Phi) is 2.23. The van der Waals surface area contributed by atoms with Gasteiger partial charge in [0.1, 0.15) is 0 Å². The minimum Gasteiger partial charge on any atom is -0.476 e. The molecule has 0 unspecified atom stereocenters. The third-order valence-electron chi connectivity index (χ3n) is 1.33. The Morgan fingerprint density at radius 3 is 2.75 bits per heavy atom. The molecule has 0 fully saturated rings. The molecule has 0 bridgehead atoms. The van der Waals surface area contributed by atoms with Gasteiger partial charge in [-0.2, -0.15) is 0 Å². The van der Waals surface area contributed by atoms with E-state index >= 15 is 0 Å². The summed E-state index contributed by atoms with van der Waals surface area (Å²) in [5.74, 6) is -1.46. The van der Waals surface area contributed by atoms with Gasteiger partial charge < -0.3 is 9.63 Å². The summed E-state index contributed by atoms with van der Waals surface area (Å²) in [6, 6.07) is 1.12. The van der Waals surface area contributed by atoms with Crippen molar-refractivity contribution in [3.63, 3.8) is 0 Å². The summed E-state index contributed by atoms with van der Waals surface area (Å²) in [7, 11) is 0. The van der Waals surface area contributed by atoms with Gasteiger partial charge in [0.15, 0.2) is 5.69 Å². The van der Waals surface area contributed by atoms with Crippen LogP contribution in [0, 0.1) is 0 Å². The second-order valence-corrected chi connectivity index (χ2v) is 2.16. The summed E-state index contributed by atoms with van der Waals surface area (Å²) in [6.07, 6.45) is 0.272. The average molecular weight is 169 g/mol. The Morgan fingerprint density at radius 2 is 2.33 bits per heavy atom. The van der Waals surface area contributed by atoms with Crippen LogP contribution in [0.2, 0.25) is 0 Å². The summed E-state index contributed by atoms with van der Waals surface area (Å²) in [5.41, 5.74) is -0.244. The largest absolute Gasteiger partial charge is 0.476 e. The van der Waals surface area contributed by atoms with E-state index in [4.69, 9.17) is 5.11 Å². The van der Waals surface area contributed by atoms with Gasteiger partial charge in [0, 0.05) is 12.5 Å². The van der Waals surface area contributed by atoms with E-state index in [1.807, 2.05) is 0 Å². The Hall–Kier alpha value is -1.65. The van der Waals surface area contributed by atoms with Gasteiger partial charge in [-0.15, -0.1) is 0 Å². The number of nitrogens with zero attached hydrogens (tertiary/aromatic N) is 1. The molecule has 1 aromatic heterocycles. The van der Waals surface area contributed by atoms with Crippen molar-refractivity contribution in [1.82, 2.24) is 5.16 Å². The fourth-order valence-corrected chi connectivity index (χ4v) is 0.682. The van der Waals surface area contributed by atoms with Gasteiger partial charge in [0.2, 0.25) is 11.5 Å². The first-order valence-corrected chi connectivity index (χ1v) is 3.38. The highest BCUT2D eigenvalue weighted by Gasteiger charge is 2.14. The SMILES string of the molecule is CCC(=O)c1cc(C(=O)O)no1. The maximum Gasteiger partial charge on any atom is 0.358 e. The fourth-order valence-electron chi connectivity index (χ4n) is 0.682. The molecule has 0 amide bonds. The molecular formula is C7H7NO4. The van der Waals surface area contributed by atoms with Crippen molar-refractivity contribution in [2.75, 3.05) is 0 Å². The first-order chi connectivity index (χ1) is 5.65. The predicted molar refractivity (Wildman–Crippen MR) is 38.1 cm³/mol. The average Bonchev–Trinajstić information content (AvgIpc) is 2.51. The number of aromatic nitrogens is 1. The summed E-state index contributed by atoms with van der Waals surface area (Å²) in [5, 5.41) is 11.6. The van der Waals surface area contributed by atoms with Crippen LogP contribution >= 0.6 is 0 Å². The van der Waals surface area contributed by atoms with Crippen LogP contribution in [0.1, 0.15) is 34.4 Å². The van der Waals surface area contributed by atoms with Crippen LogP contribution in [0.4, 0.5) is 0 Å². The van der Waals surface area contributed by atoms with E-state index in [1.165, 1.54) is 0 Å². The Labute approximate surface area is 68.0 Å². The zero-order valence-corrected chi connectivity index (χ0v) is 6.40. The highest BCUT2D eigenvalue weighted by molar-refractivity contribution is 5.95. The van der Waals surface area contributed by atoms with E-state index in [-0.39, 0.29) is 23.7 Å². The van der Waals surface area contributed by atoms with E-state index < -0.39 is 5.97 Å². The van der Waals surface area contributed by atoms with E-state index in [2.05, 4.69) is 9.68 Å². The molecule has 1 heterocycles. The Bertz CT molecular complexity index is 315. The molecule has 0 aliphatic carbocycles. The highest BCUT2D eigenvalue weighted by Crippen LogP contribution is 2.05. The van der Waals surface area contributed by atoms with Crippen LogP contribution in [0.15, 0.2) is 10.6 Å². The number of hydrogen-bond acceptors (Lipinski definition) is 4. The highest BCUT2D eigenvalue weighted by atomic mass is 16.5. The van der Waals surface area contributed by atoms with Gasteiger partial charge in [0.25, 0.3) is 0 Å². The van der Waals surface area contributed by atoms with E-state index in [0.717, 1.165) is 6.07 Å². The molecule has 0 aliphatic heterocycles. The lowest BCUT2D eigenvalue weighted by molar-refractivity contribution is 0.0684. The topological polar surface area (TPSA) is 80.4 Å². The Balaban J connectivity index is 2.91. The first kappa shape index (κ1) is 8.45. The maximum absolute atomic E-state index is 10.9. The molecular weight excluding hydrogens is 162 g/mol. The molecule has 0 radical (unpaired) electrons. The van der Waals surface area contributed by atoms with Crippen molar-refractivity contribution in [1.29, 1.82) is 0 Å². The van der Waals surface area contributed by atoms with Crippen LogP contribution in [0.3, 0.4) is 0 Å². The number of hydrogen-bond donors (Lipinski definition) is 1. The van der Waals surface area contributed by atoms with Crippen molar-refractivity contribution < 1.29 is 19.2 Å². The number of carboxylic acid groups (broad SMARTS) is 1. The van der Waals surface area contributed by atoms with Gasteiger partial charge in [-0.1, -0.05) is 12.1 Å². The smallest absolute Gasteiger partial charge is 0.358 e. The van der Waals surface area contributed by atoms with Crippen LogP contribution in [-0.4, -0.2) is 22.0 Å². The zero-order valence-electron chi connectivity index (χ0n) is 6.40. The number of carbonyl (C=O) groups excluding carboxylic acids is 1. The number of aromatic carboxylic acids is 1. The summed E-state index contributed by atoms with van der Waals surface area (Å²) in [6.45, 7) is 1.66. The molecule has 64 valence electrons. The summed E-state index contributed by atoms with van der Waals surface area (Å²) < 4.78 is 4.50. The van der Waals surface area contributed by atoms with Gasteiger partial charge in [-0.05, 0) is 0 Å². The van der Waals surface area contributed by atoms with Gasteiger partial charge in [-0.3, -0.25) is 4.79 Å². The number of ketones is 1. The second-order valence-electron chi connectivity index (χ2n) is 2.16. The van der Waals surface area contributed by atoms with E-state index in [9.17, 15) is 9.59 Å². The quantitative estimate of drug-likeness (QED) is 0.681. The molecule has 12 heavy (non-hydrogen) atoms. The molecule has 0 atom stereocenters. The third kappa shape index (κ3) is 1.50. The molecule has 0 saturated carbocycles. The van der Waals surface area contributed by atoms with Crippen molar-refractivity contribution in [2.45, 2.75) is 13.3 Å². The fraction of sp³-hybridized carbons (Fsp3) is 0.286. The normalized spacial score (nSPS) is 9.75. The van der Waals surface area contributed by atoms with Crippen LogP contribution < -0.4 is 0 Å². The maximum atomic E-state index is 10.9. The van der Waals surface area contributed by atoms with Crippen molar-refractivity contribution in [3.05, 3.63) is 17.5 Å². The monoisotopic (exact) mass is 169 g/mol. The van der Waals surface area contributed by atoms with Crippen LogP contribution in [0.5, 0.6) is 0 Å². The van der Waals surface area contributed by atoms with Crippen molar-refractivity contribution in [2.24, 2.45) is 0 Å². The Morgan fingerprint density at radius 1 is 1.67 bits per heavy atom. The van der Waals surface area contributed by atoms with Crippen LogP contribution in [0.25, 0.3) is 0 Å². The molecule has 1 rings (SSSR count). The minimum atomic E-state index is -1.20. The van der Waals surface area contributed by atoms with Gasteiger partial charge in [-0.25, -0.2) is 4.79 Å². The molecule has 0 saturated heterocycles. The number of carbonyl (C=O) groups is 2. The molecule has 0 aromatic carbocycles. The van der Waals surface area contributed by atoms with Crippen molar-refractivity contribution >= 4 is 11.8 Å². The van der Waals surface area contributed by atoms with E-state index in [0.29, 0.717) is 0 Å². The molecule has 5 nitrogen and oxygen atoms in total. The molecule has 0 aliphatic rings. The minimum absolute atomic E-state index is 0.00472. The lowest BCUT2D eigenvalue weighted by atomic mass is 10.2. The number of rotatable bonds is 3. The summed E-state index contributed by atoms with van der Waals surface area (Å²) >= 11 is 0. The zero-order chi connectivity index (χ0) is 9.14. The second kappa shape index (κ2) is 3.17. The lowest BCUT2D eigenvalue weighted by Gasteiger charge is -1.84. The van der Waals surface area contributed by atoms with Gasteiger partial charge >= 0.3 is 5.97 Å². The predicted octanol–water partition coefficient (Wildman–Crippen LogP) is 0.966. The molecule has 1 N–H and O–H groups in total. The van der Waals surface area contributed by atoms with E-state index in [1.54, 1.807) is 6.92 Å². The molecule has 5 heteroatoms. The summed E-state index contributed by atoms with van der Waals surface area (Å²) in [4.78, 5) is 21.2. The van der Waals surface area contributed by atoms with Crippen molar-refractivity contribution in [3.8, 4) is 0 Å².